The van der Waals surface area contributed by atoms with E-state index in [1.54, 1.807) is 32.2 Å². The molecule has 0 saturated heterocycles. The van der Waals surface area contributed by atoms with Crippen LogP contribution in [-0.2, 0) is 6.61 Å². The number of likely N-dealkylation sites (N-methyl/N-ethyl adjacent to an activating group) is 1. The predicted molar refractivity (Wildman–Crippen MR) is 67.5 cm³/mol. The van der Waals surface area contributed by atoms with Crippen molar-refractivity contribution in [2.75, 3.05) is 20.8 Å². The van der Waals surface area contributed by atoms with Crippen molar-refractivity contribution in [1.29, 1.82) is 5.26 Å². The number of nitrogens with zero attached hydrogens (tertiary/aromatic N) is 1. The smallest absolute Gasteiger partial charge is 0.161 e. The van der Waals surface area contributed by atoms with Crippen molar-refractivity contribution >= 4 is 0 Å². The molecule has 0 aliphatic heterocycles. The topological polar surface area (TPSA) is 74.5 Å². The minimum Gasteiger partial charge on any atom is -0.493 e. The summed E-state index contributed by atoms with van der Waals surface area (Å²) in [4.78, 5) is 0. The molecule has 5 nitrogen and oxygen atoms in total. The molecule has 1 unspecified atom stereocenters. The molecule has 0 aliphatic rings. The fraction of sp³-hybridized carbons (Fsp3) is 0.462. The molecule has 0 aliphatic carbocycles. The van der Waals surface area contributed by atoms with Crippen LogP contribution in [0.2, 0.25) is 0 Å². The Morgan fingerprint density at radius 3 is 2.67 bits per heavy atom. The van der Waals surface area contributed by atoms with E-state index in [9.17, 15) is 0 Å². The standard InChI is InChI=1S/C13H18N2O3/c1-13(8-14,15-2)9-18-11-5-4-10(7-16)6-12(11)17-3/h4-6,15-16H,7,9H2,1-3H3. The lowest BCUT2D eigenvalue weighted by molar-refractivity contribution is 0.231. The second-order valence-electron chi connectivity index (χ2n) is 4.13. The van der Waals surface area contributed by atoms with Gasteiger partial charge in [-0.05, 0) is 31.7 Å². The average molecular weight is 250 g/mol. The van der Waals surface area contributed by atoms with Crippen LogP contribution in [-0.4, -0.2) is 31.4 Å². The van der Waals surface area contributed by atoms with Gasteiger partial charge < -0.3 is 14.6 Å². The molecule has 98 valence electrons. The average Bonchev–Trinajstić information content (AvgIpc) is 2.44. The Kier molecular flexibility index (Phi) is 4.95. The Hall–Kier alpha value is -1.77. The number of aliphatic hydroxyl groups is 1. The zero-order valence-corrected chi connectivity index (χ0v) is 10.9. The molecule has 1 aromatic carbocycles. The van der Waals surface area contributed by atoms with Gasteiger partial charge >= 0.3 is 0 Å². The molecule has 18 heavy (non-hydrogen) atoms. The third kappa shape index (κ3) is 3.36. The van der Waals surface area contributed by atoms with Gasteiger partial charge in [-0.3, -0.25) is 5.32 Å². The molecule has 0 aromatic heterocycles. The summed E-state index contributed by atoms with van der Waals surface area (Å²) < 4.78 is 10.8. The van der Waals surface area contributed by atoms with Crippen LogP contribution in [0.1, 0.15) is 12.5 Å². The van der Waals surface area contributed by atoms with Crippen molar-refractivity contribution in [3.8, 4) is 17.6 Å². The maximum atomic E-state index is 9.03. The number of rotatable bonds is 6. The highest BCUT2D eigenvalue weighted by Gasteiger charge is 2.22. The number of ether oxygens (including phenoxy) is 2. The Labute approximate surface area is 107 Å². The molecule has 0 saturated carbocycles. The van der Waals surface area contributed by atoms with Gasteiger partial charge in [0.15, 0.2) is 11.5 Å². The van der Waals surface area contributed by atoms with Gasteiger partial charge in [0.2, 0.25) is 0 Å². The number of hydrogen-bond acceptors (Lipinski definition) is 5. The summed E-state index contributed by atoms with van der Waals surface area (Å²) in [6.07, 6.45) is 0. The second-order valence-corrected chi connectivity index (χ2v) is 4.13. The first kappa shape index (κ1) is 14.3. The molecule has 1 rings (SSSR count). The van der Waals surface area contributed by atoms with Gasteiger partial charge in [-0.15, -0.1) is 0 Å². The van der Waals surface area contributed by atoms with E-state index in [-0.39, 0.29) is 13.2 Å². The normalized spacial score (nSPS) is 13.5. The van der Waals surface area contributed by atoms with Crippen LogP contribution in [0.3, 0.4) is 0 Å². The first-order valence-corrected chi connectivity index (χ1v) is 5.59. The summed E-state index contributed by atoms with van der Waals surface area (Å²) in [7, 11) is 3.24. The third-order valence-corrected chi connectivity index (χ3v) is 2.73. The minimum absolute atomic E-state index is 0.0525. The molecule has 0 fully saturated rings. The van der Waals surface area contributed by atoms with Crippen LogP contribution in [0.4, 0.5) is 0 Å². The first-order valence-electron chi connectivity index (χ1n) is 5.59. The zero-order valence-electron chi connectivity index (χ0n) is 10.9. The highest BCUT2D eigenvalue weighted by molar-refractivity contribution is 5.42. The number of nitriles is 1. The van der Waals surface area contributed by atoms with Gasteiger partial charge in [0.05, 0.1) is 19.8 Å². The van der Waals surface area contributed by atoms with Gasteiger partial charge in [-0.2, -0.15) is 5.26 Å². The highest BCUT2D eigenvalue weighted by Crippen LogP contribution is 2.28. The number of benzene rings is 1. The van der Waals surface area contributed by atoms with Crippen LogP contribution in [0.5, 0.6) is 11.5 Å². The maximum absolute atomic E-state index is 9.03. The Morgan fingerprint density at radius 1 is 1.44 bits per heavy atom. The fourth-order valence-corrected chi connectivity index (χ4v) is 1.31. The summed E-state index contributed by atoms with van der Waals surface area (Å²) in [5.41, 5.74) is -0.00318. The van der Waals surface area contributed by atoms with E-state index >= 15 is 0 Å². The van der Waals surface area contributed by atoms with E-state index in [0.717, 1.165) is 5.56 Å². The molecule has 1 aromatic rings. The summed E-state index contributed by atoms with van der Waals surface area (Å²) >= 11 is 0. The van der Waals surface area contributed by atoms with Crippen molar-refractivity contribution in [3.05, 3.63) is 23.8 Å². The SMILES string of the molecule is CNC(C)(C#N)COc1ccc(CO)cc1OC. The number of methoxy groups -OCH3 is 1. The van der Waals surface area contributed by atoms with E-state index in [2.05, 4.69) is 11.4 Å². The lowest BCUT2D eigenvalue weighted by Crippen LogP contribution is -2.43. The number of aliphatic hydroxyl groups excluding tert-OH is 1. The molecule has 0 amide bonds. The van der Waals surface area contributed by atoms with E-state index in [0.29, 0.717) is 11.5 Å². The summed E-state index contributed by atoms with van der Waals surface area (Å²) in [6, 6.07) is 7.32. The monoisotopic (exact) mass is 250 g/mol. The van der Waals surface area contributed by atoms with Gasteiger partial charge in [0.1, 0.15) is 12.1 Å². The quantitative estimate of drug-likeness (QED) is 0.790. The van der Waals surface area contributed by atoms with E-state index in [1.165, 1.54) is 7.11 Å². The lowest BCUT2D eigenvalue weighted by atomic mass is 10.1. The van der Waals surface area contributed by atoms with Crippen molar-refractivity contribution in [2.45, 2.75) is 19.1 Å². The number of nitrogens with one attached hydrogen (secondary N) is 1. The minimum atomic E-state index is -0.749. The van der Waals surface area contributed by atoms with E-state index in [1.807, 2.05) is 0 Å². The molecule has 5 heteroatoms. The van der Waals surface area contributed by atoms with Crippen LogP contribution in [0.25, 0.3) is 0 Å². The molecular formula is C13H18N2O3. The van der Waals surface area contributed by atoms with Crippen LogP contribution < -0.4 is 14.8 Å². The van der Waals surface area contributed by atoms with Crippen molar-refractivity contribution < 1.29 is 14.6 Å². The van der Waals surface area contributed by atoms with Crippen molar-refractivity contribution in [1.82, 2.24) is 5.32 Å². The third-order valence-electron chi connectivity index (χ3n) is 2.73. The molecule has 0 spiro atoms. The second kappa shape index (κ2) is 6.24. The Morgan fingerprint density at radius 2 is 2.17 bits per heavy atom. The fourth-order valence-electron chi connectivity index (χ4n) is 1.31. The predicted octanol–water partition coefficient (Wildman–Crippen LogP) is 1.07. The van der Waals surface area contributed by atoms with E-state index in [4.69, 9.17) is 19.8 Å². The largest absolute Gasteiger partial charge is 0.493 e. The Bertz CT molecular complexity index is 442. The first-order chi connectivity index (χ1) is 8.58. The van der Waals surface area contributed by atoms with Crippen LogP contribution in [0.15, 0.2) is 18.2 Å². The maximum Gasteiger partial charge on any atom is 0.161 e. The molecule has 2 N–H and O–H groups in total. The van der Waals surface area contributed by atoms with Crippen LogP contribution in [0, 0.1) is 11.3 Å². The molecule has 1 atom stereocenters. The lowest BCUT2D eigenvalue weighted by Gasteiger charge is -2.21. The molecule has 0 bridgehead atoms. The summed E-state index contributed by atoms with van der Waals surface area (Å²) in [5.74, 6) is 1.09. The van der Waals surface area contributed by atoms with Gasteiger partial charge in [-0.1, -0.05) is 6.07 Å². The van der Waals surface area contributed by atoms with E-state index < -0.39 is 5.54 Å². The summed E-state index contributed by atoms with van der Waals surface area (Å²) in [6.45, 7) is 1.90. The highest BCUT2D eigenvalue weighted by atomic mass is 16.5. The van der Waals surface area contributed by atoms with Gasteiger partial charge in [0.25, 0.3) is 0 Å². The molecular weight excluding hydrogens is 232 g/mol. The molecule has 0 radical (unpaired) electrons. The van der Waals surface area contributed by atoms with Gasteiger partial charge in [-0.25, -0.2) is 0 Å². The van der Waals surface area contributed by atoms with Crippen molar-refractivity contribution in [3.63, 3.8) is 0 Å². The number of hydrogen-bond donors (Lipinski definition) is 2. The van der Waals surface area contributed by atoms with Crippen LogP contribution >= 0.6 is 0 Å². The zero-order chi connectivity index (χ0) is 13.6. The molecule has 0 heterocycles. The van der Waals surface area contributed by atoms with Gasteiger partial charge in [0, 0.05) is 0 Å². The van der Waals surface area contributed by atoms with Crippen molar-refractivity contribution in [2.24, 2.45) is 0 Å². The Balaban J connectivity index is 2.82. The summed E-state index contributed by atoms with van der Waals surface area (Å²) in [5, 5.41) is 20.9.